The van der Waals surface area contributed by atoms with E-state index in [9.17, 15) is 0 Å². The van der Waals surface area contributed by atoms with Crippen LogP contribution in [0.2, 0.25) is 0 Å². The van der Waals surface area contributed by atoms with Crippen LogP contribution in [0.4, 0.5) is 5.95 Å². The van der Waals surface area contributed by atoms with Crippen LogP contribution in [0.1, 0.15) is 50.1 Å². The molecule has 0 spiro atoms. The summed E-state index contributed by atoms with van der Waals surface area (Å²) in [5, 5.41) is 0. The van der Waals surface area contributed by atoms with E-state index >= 15 is 0 Å². The van der Waals surface area contributed by atoms with Gasteiger partial charge in [-0.25, -0.2) is 15.0 Å². The smallest absolute Gasteiger partial charge is 0.225 e. The number of nitrogens with zero attached hydrogens (tertiary/aromatic N) is 5. The van der Waals surface area contributed by atoms with E-state index in [0.717, 1.165) is 25.6 Å². The molecule has 1 aliphatic carbocycles. The molecule has 0 radical (unpaired) electrons. The zero-order valence-corrected chi connectivity index (χ0v) is 13.6. The summed E-state index contributed by atoms with van der Waals surface area (Å²) < 4.78 is 2.18. The Morgan fingerprint density at radius 2 is 2.00 bits per heavy atom. The highest BCUT2D eigenvalue weighted by molar-refractivity contribution is 5.32. The van der Waals surface area contributed by atoms with Crippen LogP contribution in [-0.2, 0) is 6.54 Å². The first-order valence-corrected chi connectivity index (χ1v) is 8.92. The minimum Gasteiger partial charge on any atom is -0.340 e. The Morgan fingerprint density at radius 3 is 2.83 bits per heavy atom. The number of piperidine rings is 1. The molecule has 0 N–H and O–H groups in total. The highest BCUT2D eigenvalue weighted by Gasteiger charge is 2.24. The molecule has 1 saturated carbocycles. The van der Waals surface area contributed by atoms with E-state index in [1.54, 1.807) is 0 Å². The zero-order chi connectivity index (χ0) is 15.5. The quantitative estimate of drug-likeness (QED) is 0.869. The van der Waals surface area contributed by atoms with Gasteiger partial charge in [0.2, 0.25) is 5.95 Å². The number of imidazole rings is 1. The number of aromatic nitrogens is 4. The third-order valence-electron chi connectivity index (χ3n) is 5.27. The van der Waals surface area contributed by atoms with Gasteiger partial charge in [-0.3, -0.25) is 0 Å². The summed E-state index contributed by atoms with van der Waals surface area (Å²) in [6.07, 6.45) is 15.5. The second kappa shape index (κ2) is 6.69. The summed E-state index contributed by atoms with van der Waals surface area (Å²) in [5.74, 6) is 2.24. The molecule has 5 nitrogen and oxygen atoms in total. The van der Waals surface area contributed by atoms with E-state index < -0.39 is 0 Å². The first kappa shape index (κ1) is 14.7. The Hall–Kier alpha value is -1.91. The van der Waals surface area contributed by atoms with Gasteiger partial charge in [-0.1, -0.05) is 12.8 Å². The second-order valence-corrected chi connectivity index (χ2v) is 6.98. The van der Waals surface area contributed by atoms with Crippen molar-refractivity contribution in [1.29, 1.82) is 0 Å². The van der Waals surface area contributed by atoms with Crippen LogP contribution >= 0.6 is 0 Å². The van der Waals surface area contributed by atoms with Crippen molar-refractivity contribution >= 4 is 5.95 Å². The predicted octanol–water partition coefficient (Wildman–Crippen LogP) is 3.25. The van der Waals surface area contributed by atoms with E-state index in [1.165, 1.54) is 44.2 Å². The van der Waals surface area contributed by atoms with Gasteiger partial charge in [0.25, 0.3) is 0 Å². The fourth-order valence-electron chi connectivity index (χ4n) is 4.05. The summed E-state index contributed by atoms with van der Waals surface area (Å²) in [4.78, 5) is 16.0. The van der Waals surface area contributed by atoms with E-state index in [4.69, 9.17) is 4.98 Å². The first-order chi connectivity index (χ1) is 11.4. The van der Waals surface area contributed by atoms with Crippen LogP contribution in [0, 0.1) is 5.92 Å². The highest BCUT2D eigenvalue weighted by atomic mass is 15.3. The highest BCUT2D eigenvalue weighted by Crippen LogP contribution is 2.33. The fourth-order valence-corrected chi connectivity index (χ4v) is 4.05. The molecule has 122 valence electrons. The summed E-state index contributed by atoms with van der Waals surface area (Å²) in [6, 6.07) is 2.12. The lowest BCUT2D eigenvalue weighted by Crippen LogP contribution is -2.38. The Balaban J connectivity index is 1.45. The lowest BCUT2D eigenvalue weighted by Gasteiger charge is -2.33. The van der Waals surface area contributed by atoms with Crippen molar-refractivity contribution in [2.75, 3.05) is 18.0 Å². The molecule has 0 unspecified atom stereocenters. The van der Waals surface area contributed by atoms with Crippen LogP contribution in [0.25, 0.3) is 0 Å². The van der Waals surface area contributed by atoms with Crippen molar-refractivity contribution in [1.82, 2.24) is 19.5 Å². The van der Waals surface area contributed by atoms with Gasteiger partial charge in [0.15, 0.2) is 0 Å². The van der Waals surface area contributed by atoms with Gasteiger partial charge in [0, 0.05) is 49.8 Å². The monoisotopic (exact) mass is 311 g/mol. The van der Waals surface area contributed by atoms with Crippen molar-refractivity contribution < 1.29 is 0 Å². The lowest BCUT2D eigenvalue weighted by atomic mass is 9.98. The standard InChI is InChI=1S/C18H25N5/c1-2-6-16(5-1)17-7-8-20-18(21-17)23-10-3-4-15(13-23)12-22-11-9-19-14-22/h7-9,11,14-16H,1-6,10,12-13H2/t15-/m0/s1. The maximum Gasteiger partial charge on any atom is 0.225 e. The summed E-state index contributed by atoms with van der Waals surface area (Å²) >= 11 is 0. The van der Waals surface area contributed by atoms with Crippen LogP contribution in [0.5, 0.6) is 0 Å². The van der Waals surface area contributed by atoms with Gasteiger partial charge in [0.1, 0.15) is 0 Å². The Labute approximate surface area is 137 Å². The molecular weight excluding hydrogens is 286 g/mol. The molecule has 0 bridgehead atoms. The predicted molar refractivity (Wildman–Crippen MR) is 90.4 cm³/mol. The minimum atomic E-state index is 0.650. The normalized spacial score (nSPS) is 22.6. The molecule has 0 aromatic carbocycles. The minimum absolute atomic E-state index is 0.650. The number of hydrogen-bond donors (Lipinski definition) is 0. The topological polar surface area (TPSA) is 46.8 Å². The average molecular weight is 311 g/mol. The molecule has 1 saturated heterocycles. The Kier molecular flexibility index (Phi) is 4.26. The molecule has 2 aromatic heterocycles. The van der Waals surface area contributed by atoms with Gasteiger partial charge >= 0.3 is 0 Å². The maximum atomic E-state index is 4.91. The van der Waals surface area contributed by atoms with Crippen molar-refractivity contribution in [2.45, 2.75) is 51.0 Å². The molecule has 1 atom stereocenters. The van der Waals surface area contributed by atoms with E-state index in [2.05, 4.69) is 31.7 Å². The van der Waals surface area contributed by atoms with Crippen LogP contribution in [0.15, 0.2) is 31.0 Å². The largest absolute Gasteiger partial charge is 0.340 e. The summed E-state index contributed by atoms with van der Waals surface area (Å²) in [5.41, 5.74) is 1.25. The van der Waals surface area contributed by atoms with E-state index in [0.29, 0.717) is 11.8 Å². The molecule has 2 aromatic rings. The van der Waals surface area contributed by atoms with Crippen LogP contribution in [0.3, 0.4) is 0 Å². The zero-order valence-electron chi connectivity index (χ0n) is 13.6. The van der Waals surface area contributed by atoms with Gasteiger partial charge in [0.05, 0.1) is 6.33 Å². The third-order valence-corrected chi connectivity index (χ3v) is 5.27. The first-order valence-electron chi connectivity index (χ1n) is 8.92. The van der Waals surface area contributed by atoms with E-state index in [1.807, 2.05) is 18.7 Å². The number of hydrogen-bond acceptors (Lipinski definition) is 4. The molecule has 0 amide bonds. The average Bonchev–Trinajstić information content (AvgIpc) is 3.29. The van der Waals surface area contributed by atoms with Gasteiger partial charge in [-0.15, -0.1) is 0 Å². The SMILES string of the molecule is c1cn(C[C@@H]2CCCN(c3nccc(C4CCCC4)n3)C2)cn1. The summed E-state index contributed by atoms with van der Waals surface area (Å²) in [6.45, 7) is 3.17. The molecule has 1 aliphatic heterocycles. The fraction of sp³-hybridized carbons (Fsp3) is 0.611. The molecule has 5 heteroatoms. The third kappa shape index (κ3) is 3.38. The number of anilines is 1. The molecule has 3 heterocycles. The van der Waals surface area contributed by atoms with Gasteiger partial charge in [-0.05, 0) is 37.7 Å². The van der Waals surface area contributed by atoms with Gasteiger partial charge < -0.3 is 9.47 Å². The van der Waals surface area contributed by atoms with Crippen LogP contribution in [-0.4, -0.2) is 32.6 Å². The summed E-state index contributed by atoms with van der Waals surface area (Å²) in [7, 11) is 0. The van der Waals surface area contributed by atoms with Crippen LogP contribution < -0.4 is 4.90 Å². The molecule has 4 rings (SSSR count). The van der Waals surface area contributed by atoms with E-state index in [-0.39, 0.29) is 0 Å². The Bertz CT molecular complexity index is 618. The van der Waals surface area contributed by atoms with Crippen molar-refractivity contribution in [3.8, 4) is 0 Å². The van der Waals surface area contributed by atoms with Crippen molar-refractivity contribution in [3.05, 3.63) is 36.7 Å². The Morgan fingerprint density at radius 1 is 1.09 bits per heavy atom. The lowest BCUT2D eigenvalue weighted by molar-refractivity contribution is 0.363. The number of rotatable bonds is 4. The maximum absolute atomic E-state index is 4.91. The second-order valence-electron chi connectivity index (χ2n) is 6.98. The molecular formula is C18H25N5. The molecule has 2 fully saturated rings. The van der Waals surface area contributed by atoms with Crippen molar-refractivity contribution in [3.63, 3.8) is 0 Å². The molecule has 23 heavy (non-hydrogen) atoms. The van der Waals surface area contributed by atoms with Crippen molar-refractivity contribution in [2.24, 2.45) is 5.92 Å². The molecule has 2 aliphatic rings. The van der Waals surface area contributed by atoms with Gasteiger partial charge in [-0.2, -0.15) is 0 Å².